The van der Waals surface area contributed by atoms with Gasteiger partial charge in [-0.3, -0.25) is 0 Å². The molecule has 0 spiro atoms. The first-order chi connectivity index (χ1) is 37.0. The molecule has 7 aliphatic heterocycles. The van der Waals surface area contributed by atoms with E-state index >= 15 is 0 Å². The van der Waals surface area contributed by atoms with Crippen LogP contribution in [0.4, 0.5) is 0 Å². The second kappa shape index (κ2) is 27.5. The molecule has 0 saturated carbocycles. The molecule has 1 unspecified atom stereocenters. The van der Waals surface area contributed by atoms with Gasteiger partial charge < -0.3 is 179 Å². The molecule has 0 aromatic carbocycles. The highest BCUT2D eigenvalue weighted by Gasteiger charge is 2.58. The molecule has 35 atom stereocenters. The summed E-state index contributed by atoms with van der Waals surface area (Å²) in [6.07, 6.45) is -63.9. The third-order valence-electron chi connectivity index (χ3n) is 14.5. The average molecular weight is 1150 g/mol. The molecule has 78 heavy (non-hydrogen) atoms. The van der Waals surface area contributed by atoms with E-state index in [4.69, 9.17) is 61.6 Å². The van der Waals surface area contributed by atoms with E-state index in [2.05, 4.69) is 0 Å². The molecule has 7 rings (SSSR count). The average Bonchev–Trinajstić information content (AvgIpc) is 4.31. The molecule has 0 aromatic heterocycles. The van der Waals surface area contributed by atoms with Crippen molar-refractivity contribution in [3.8, 4) is 0 Å². The Morgan fingerprint density at radius 1 is 0.231 bits per heavy atom. The van der Waals surface area contributed by atoms with E-state index < -0.39 is 261 Å². The Labute approximate surface area is 439 Å². The first-order valence-electron chi connectivity index (χ1n) is 24.7. The molecule has 0 aromatic rings. The maximum atomic E-state index is 11.0. The summed E-state index contributed by atoms with van der Waals surface area (Å²) in [6, 6.07) is 0. The van der Waals surface area contributed by atoms with Gasteiger partial charge in [0.2, 0.25) is 0 Å². The van der Waals surface area contributed by atoms with E-state index in [0.717, 1.165) is 0 Å². The summed E-state index contributed by atoms with van der Waals surface area (Å²) < 4.78 is 71.8. The van der Waals surface area contributed by atoms with E-state index in [1.807, 2.05) is 0 Å². The fraction of sp³-hybridized carbons (Fsp3) is 1.00. The van der Waals surface area contributed by atoms with Gasteiger partial charge in [0, 0.05) is 0 Å². The first kappa shape index (κ1) is 64.1. The van der Waals surface area contributed by atoms with Crippen molar-refractivity contribution in [2.75, 3.05) is 46.2 Å². The topological polar surface area (TPSA) is 585 Å². The maximum absolute atomic E-state index is 11.0. The largest absolute Gasteiger partial charge is 0.394 e. The molecule has 7 fully saturated rings. The number of hydrogen-bond donors (Lipinski definition) is 23. The highest BCUT2D eigenvalue weighted by Crippen LogP contribution is 2.38. The summed E-state index contributed by atoms with van der Waals surface area (Å²) in [5.74, 6) is 0. The monoisotopic (exact) mass is 1150 g/mol. The van der Waals surface area contributed by atoms with E-state index in [-0.39, 0.29) is 0 Å². The van der Waals surface area contributed by atoms with E-state index in [9.17, 15) is 117 Å². The van der Waals surface area contributed by atoms with Crippen LogP contribution in [-0.4, -0.2) is 379 Å². The van der Waals surface area contributed by atoms with Crippen molar-refractivity contribution in [1.82, 2.24) is 0 Å². The van der Waals surface area contributed by atoms with Crippen LogP contribution in [0.1, 0.15) is 0 Å². The maximum Gasteiger partial charge on any atom is 0.187 e. The predicted octanol–water partition coefficient (Wildman–Crippen LogP) is -16.3. The Balaban J connectivity index is 0.923. The van der Waals surface area contributed by atoms with Crippen LogP contribution in [0.5, 0.6) is 0 Å². The lowest BCUT2D eigenvalue weighted by molar-refractivity contribution is -0.276. The highest BCUT2D eigenvalue weighted by molar-refractivity contribution is 5.01. The molecular weight excluding hydrogens is 1080 g/mol. The molecule has 456 valence electrons. The molecule has 0 radical (unpaired) electrons. The van der Waals surface area contributed by atoms with Crippen LogP contribution in [0.2, 0.25) is 0 Å². The lowest BCUT2D eigenvalue weighted by atomic mass is 10.0. The molecule has 23 N–H and O–H groups in total. The van der Waals surface area contributed by atoms with E-state index in [0.29, 0.717) is 0 Å². The quantitative estimate of drug-likeness (QED) is 0.0382. The minimum atomic E-state index is -2.05. The van der Waals surface area contributed by atoms with Crippen LogP contribution >= 0.6 is 0 Å². The molecule has 0 amide bonds. The van der Waals surface area contributed by atoms with Crippen molar-refractivity contribution < 1.29 is 179 Å². The Morgan fingerprint density at radius 3 is 0.590 bits per heavy atom. The summed E-state index contributed by atoms with van der Waals surface area (Å²) in [4.78, 5) is 0. The summed E-state index contributed by atoms with van der Waals surface area (Å²) in [5.41, 5.74) is 0. The highest BCUT2D eigenvalue weighted by atomic mass is 16.8. The van der Waals surface area contributed by atoms with Crippen molar-refractivity contribution in [2.24, 2.45) is 0 Å². The smallest absolute Gasteiger partial charge is 0.187 e. The standard InChI is InChI=1S/C42H72O36/c43-1-8(50)29-16(52)23(59)37(73-29)67-10(3-45)31-18(54)25(61)39(75-31)69-12(5-47)33-20(56)27(63)41(77-33)71-14(7-49)35-21(57)28(64)42(78-35)70-13(6-48)34-19(55)26(62)40(76-34)68-11(4-46)32-17(53)24(60)38(74-32)66-9(2-44)30-15(51)22(58)36(65)72-30/h8-65H,1-7H2/t8-,9-,10-,11-,12-,13-,14-,15-,16-,17-,18-,19-,20-,21-,22-,23-,24-,25-,26-,27-,28-,29+,30+,31+,32+,33+,34+,35+,36?,37-,38-,39-,40-,41-,42-/m1/s1. The summed E-state index contributed by atoms with van der Waals surface area (Å²) in [6.45, 7) is -6.97. The second-order valence-electron chi connectivity index (χ2n) is 19.6. The number of ether oxygens (including phenoxy) is 13. The normalized spacial score (nSPS) is 48.7. The minimum Gasteiger partial charge on any atom is -0.394 e. The van der Waals surface area contributed by atoms with Gasteiger partial charge in [0.25, 0.3) is 0 Å². The number of aliphatic hydroxyl groups excluding tert-OH is 23. The Kier molecular flexibility index (Phi) is 22.6. The Morgan fingerprint density at radius 2 is 0.410 bits per heavy atom. The zero-order valence-electron chi connectivity index (χ0n) is 40.8. The fourth-order valence-electron chi connectivity index (χ4n) is 10.0. The van der Waals surface area contributed by atoms with Gasteiger partial charge in [0.15, 0.2) is 44.0 Å². The zero-order chi connectivity index (χ0) is 57.3. The molecule has 7 aliphatic rings. The van der Waals surface area contributed by atoms with Crippen molar-refractivity contribution in [1.29, 1.82) is 0 Å². The molecule has 36 heteroatoms. The van der Waals surface area contributed by atoms with Crippen molar-refractivity contribution in [2.45, 2.75) is 215 Å². The molecular formula is C42H72O36. The lowest BCUT2D eigenvalue weighted by Gasteiger charge is -2.30. The van der Waals surface area contributed by atoms with Gasteiger partial charge in [-0.2, -0.15) is 0 Å². The van der Waals surface area contributed by atoms with Crippen molar-refractivity contribution in [3.05, 3.63) is 0 Å². The van der Waals surface area contributed by atoms with Gasteiger partial charge in [-0.15, -0.1) is 0 Å². The van der Waals surface area contributed by atoms with Crippen molar-refractivity contribution in [3.63, 3.8) is 0 Å². The molecule has 0 aliphatic carbocycles. The number of hydrogen-bond acceptors (Lipinski definition) is 36. The number of aliphatic hydroxyl groups is 23. The van der Waals surface area contributed by atoms with Crippen LogP contribution in [-0.2, 0) is 61.6 Å². The SMILES string of the molecule is OC[C@@H](O)[C@@H]1O[C@@H](O[C@H](CO)[C@@H]2O[C@@H](O[C@H](CO)[C@@H]3O[C@@H](O[C@H](CO)[C@@H]4O[C@@H](O[C@H](CO)[C@@H]5O[C@@H](O[C@H](CO)[C@@H]6O[C@@H](O[C@H](CO)[C@@H]7OC(O)[C@H](O)[C@H]7O)[C@H](O)[C@H]6O)[C@H](O)[C@H]5O)[C@H](O)[C@H]4O)[C@H](O)[C@H]3O)[C@H](O)[C@H]2O)[C@H](O)[C@H]1O. The van der Waals surface area contributed by atoms with Crippen LogP contribution in [0.15, 0.2) is 0 Å². The molecule has 0 bridgehead atoms. The first-order valence-corrected chi connectivity index (χ1v) is 24.7. The van der Waals surface area contributed by atoms with Gasteiger partial charge in [-0.05, 0) is 0 Å². The minimum absolute atomic E-state index is 0.870. The number of rotatable bonds is 26. The Hall–Kier alpha value is -1.44. The molecule has 7 heterocycles. The lowest BCUT2D eigenvalue weighted by Crippen LogP contribution is -2.46. The van der Waals surface area contributed by atoms with Gasteiger partial charge in [-0.25, -0.2) is 0 Å². The molecule has 36 nitrogen and oxygen atoms in total. The van der Waals surface area contributed by atoms with Crippen LogP contribution in [0, 0.1) is 0 Å². The van der Waals surface area contributed by atoms with Gasteiger partial charge in [0.1, 0.15) is 171 Å². The van der Waals surface area contributed by atoms with Crippen LogP contribution in [0.25, 0.3) is 0 Å². The third-order valence-corrected chi connectivity index (χ3v) is 14.5. The summed E-state index contributed by atoms with van der Waals surface area (Å²) in [5, 5.41) is 240. The van der Waals surface area contributed by atoms with Crippen molar-refractivity contribution >= 4 is 0 Å². The molecule has 7 saturated heterocycles. The third kappa shape index (κ3) is 12.9. The van der Waals surface area contributed by atoms with E-state index in [1.165, 1.54) is 0 Å². The Bertz CT molecular complexity index is 1820. The van der Waals surface area contributed by atoms with Crippen LogP contribution in [0.3, 0.4) is 0 Å². The second-order valence-corrected chi connectivity index (χ2v) is 19.6. The van der Waals surface area contributed by atoms with Gasteiger partial charge >= 0.3 is 0 Å². The zero-order valence-corrected chi connectivity index (χ0v) is 40.8. The summed E-state index contributed by atoms with van der Waals surface area (Å²) >= 11 is 0. The fourth-order valence-corrected chi connectivity index (χ4v) is 10.0. The summed E-state index contributed by atoms with van der Waals surface area (Å²) in [7, 11) is 0. The van der Waals surface area contributed by atoms with Gasteiger partial charge in [-0.1, -0.05) is 0 Å². The van der Waals surface area contributed by atoms with Gasteiger partial charge in [0.05, 0.1) is 46.2 Å². The predicted molar refractivity (Wildman–Crippen MR) is 232 cm³/mol. The van der Waals surface area contributed by atoms with Crippen LogP contribution < -0.4 is 0 Å². The van der Waals surface area contributed by atoms with E-state index in [1.54, 1.807) is 0 Å².